The van der Waals surface area contributed by atoms with E-state index in [0.29, 0.717) is 33.8 Å². The van der Waals surface area contributed by atoms with E-state index in [4.69, 9.17) is 9.47 Å². The van der Waals surface area contributed by atoms with Gasteiger partial charge in [-0.05, 0) is 41.0 Å². The molecule has 2 amide bonds. The number of hydrogen-bond donors (Lipinski definition) is 0. The van der Waals surface area contributed by atoms with Gasteiger partial charge in [-0.2, -0.15) is 0 Å². The molecule has 0 aliphatic carbocycles. The number of nitrogens with zero attached hydrogens (tertiary/aromatic N) is 1. The molecule has 3 aromatic rings. The van der Waals surface area contributed by atoms with Crippen molar-refractivity contribution >= 4 is 23.0 Å². The smallest absolute Gasteiger partial charge is 0.262 e. The van der Waals surface area contributed by atoms with Crippen molar-refractivity contribution in [1.29, 1.82) is 0 Å². The molecule has 0 spiro atoms. The minimum absolute atomic E-state index is 0.220. The van der Waals surface area contributed by atoms with Crippen LogP contribution >= 0.6 is 0 Å². The number of rotatable bonds is 6. The van der Waals surface area contributed by atoms with Crippen LogP contribution < -0.4 is 9.47 Å². The Hall–Kier alpha value is -3.86. The van der Waals surface area contributed by atoms with Crippen molar-refractivity contribution in [2.24, 2.45) is 0 Å². The van der Waals surface area contributed by atoms with Crippen molar-refractivity contribution in [2.45, 2.75) is 6.54 Å². The van der Waals surface area contributed by atoms with Crippen LogP contribution in [0.4, 0.5) is 0 Å². The number of benzene rings is 3. The Labute approximate surface area is 175 Å². The SMILES string of the molecule is COc1ccc(C2=C(c3ccc(OC)cc3)C(=O)N(Cc3ccccc3)C2=O)cc1. The summed E-state index contributed by atoms with van der Waals surface area (Å²) in [5.74, 6) is 0.756. The number of ether oxygens (including phenoxy) is 2. The summed E-state index contributed by atoms with van der Waals surface area (Å²) >= 11 is 0. The van der Waals surface area contributed by atoms with E-state index < -0.39 is 0 Å². The van der Waals surface area contributed by atoms with Gasteiger partial charge in [0.25, 0.3) is 11.8 Å². The van der Waals surface area contributed by atoms with Crippen LogP contribution in [0.3, 0.4) is 0 Å². The number of hydrogen-bond acceptors (Lipinski definition) is 4. The van der Waals surface area contributed by atoms with Crippen LogP contribution in [-0.2, 0) is 16.1 Å². The molecular formula is C25H21NO4. The summed E-state index contributed by atoms with van der Waals surface area (Å²) in [4.78, 5) is 28.0. The fraction of sp³-hybridized carbons (Fsp3) is 0.120. The van der Waals surface area contributed by atoms with Gasteiger partial charge in [-0.25, -0.2) is 0 Å². The minimum atomic E-state index is -0.306. The second-order valence-corrected chi connectivity index (χ2v) is 6.89. The average Bonchev–Trinajstić information content (AvgIpc) is 3.04. The second-order valence-electron chi connectivity index (χ2n) is 6.89. The van der Waals surface area contributed by atoms with Crippen LogP contribution in [0.25, 0.3) is 11.1 Å². The number of carbonyl (C=O) groups is 2. The molecule has 5 heteroatoms. The zero-order valence-corrected chi connectivity index (χ0v) is 16.8. The lowest BCUT2D eigenvalue weighted by Gasteiger charge is -2.15. The van der Waals surface area contributed by atoms with E-state index in [1.165, 1.54) is 4.90 Å². The molecule has 0 fully saturated rings. The van der Waals surface area contributed by atoms with Crippen molar-refractivity contribution in [3.05, 3.63) is 95.6 Å². The molecule has 1 aliphatic heterocycles. The molecule has 0 radical (unpaired) electrons. The summed E-state index contributed by atoms with van der Waals surface area (Å²) < 4.78 is 10.4. The summed E-state index contributed by atoms with van der Waals surface area (Å²) in [5.41, 5.74) is 3.03. The van der Waals surface area contributed by atoms with Gasteiger partial charge >= 0.3 is 0 Å². The first kappa shape index (κ1) is 19.5. The van der Waals surface area contributed by atoms with Gasteiger partial charge in [0, 0.05) is 0 Å². The van der Waals surface area contributed by atoms with Gasteiger partial charge in [0.05, 0.1) is 31.9 Å². The molecule has 0 bridgehead atoms. The molecule has 3 aromatic carbocycles. The standard InChI is InChI=1S/C25H21NO4/c1-29-20-12-8-18(9-13-20)22-23(19-10-14-21(30-2)15-11-19)25(28)26(24(22)27)16-17-6-4-3-5-7-17/h3-15H,16H2,1-2H3. The van der Waals surface area contributed by atoms with Gasteiger partial charge < -0.3 is 9.47 Å². The molecule has 0 atom stereocenters. The van der Waals surface area contributed by atoms with Crippen molar-refractivity contribution in [3.63, 3.8) is 0 Å². The van der Waals surface area contributed by atoms with Crippen molar-refractivity contribution in [3.8, 4) is 11.5 Å². The third kappa shape index (κ3) is 3.57. The number of carbonyl (C=O) groups excluding carboxylic acids is 2. The van der Waals surface area contributed by atoms with Gasteiger partial charge in [0.15, 0.2) is 0 Å². The summed E-state index contributed by atoms with van der Waals surface area (Å²) in [6.07, 6.45) is 0. The van der Waals surface area contributed by atoms with E-state index in [2.05, 4.69) is 0 Å². The van der Waals surface area contributed by atoms with Gasteiger partial charge in [-0.1, -0.05) is 54.6 Å². The highest BCUT2D eigenvalue weighted by Crippen LogP contribution is 2.37. The maximum atomic E-state index is 13.4. The van der Waals surface area contributed by atoms with Gasteiger partial charge in [0.2, 0.25) is 0 Å². The van der Waals surface area contributed by atoms with Crippen LogP contribution in [0, 0.1) is 0 Å². The monoisotopic (exact) mass is 399 g/mol. The Balaban J connectivity index is 1.80. The molecule has 150 valence electrons. The quantitative estimate of drug-likeness (QED) is 0.584. The summed E-state index contributed by atoms with van der Waals surface area (Å²) in [6.45, 7) is 0.220. The maximum absolute atomic E-state index is 13.4. The lowest BCUT2D eigenvalue weighted by Crippen LogP contribution is -2.30. The summed E-state index contributed by atoms with van der Waals surface area (Å²) in [7, 11) is 3.17. The Morgan fingerprint density at radius 1 is 0.633 bits per heavy atom. The van der Waals surface area contributed by atoms with Gasteiger partial charge in [-0.3, -0.25) is 14.5 Å². The van der Waals surface area contributed by atoms with Crippen LogP contribution in [0.15, 0.2) is 78.9 Å². The zero-order chi connectivity index (χ0) is 21.1. The molecule has 5 nitrogen and oxygen atoms in total. The topological polar surface area (TPSA) is 55.8 Å². The molecule has 1 heterocycles. The fourth-order valence-electron chi connectivity index (χ4n) is 3.54. The lowest BCUT2D eigenvalue weighted by atomic mass is 9.96. The highest BCUT2D eigenvalue weighted by Gasteiger charge is 2.39. The van der Waals surface area contributed by atoms with E-state index in [1.807, 2.05) is 30.3 Å². The van der Waals surface area contributed by atoms with Crippen molar-refractivity contribution in [1.82, 2.24) is 4.90 Å². The average molecular weight is 399 g/mol. The normalized spacial score (nSPS) is 13.7. The first-order valence-electron chi connectivity index (χ1n) is 9.55. The minimum Gasteiger partial charge on any atom is -0.497 e. The van der Waals surface area contributed by atoms with Gasteiger partial charge in [0.1, 0.15) is 11.5 Å². The van der Waals surface area contributed by atoms with Crippen LogP contribution in [0.1, 0.15) is 16.7 Å². The predicted molar refractivity (Wildman–Crippen MR) is 115 cm³/mol. The predicted octanol–water partition coefficient (Wildman–Crippen LogP) is 4.18. The second kappa shape index (κ2) is 8.25. The van der Waals surface area contributed by atoms with Crippen LogP contribution in [-0.4, -0.2) is 30.9 Å². The molecule has 30 heavy (non-hydrogen) atoms. The van der Waals surface area contributed by atoms with Crippen LogP contribution in [0.5, 0.6) is 11.5 Å². The molecule has 4 rings (SSSR count). The summed E-state index contributed by atoms with van der Waals surface area (Å²) in [6, 6.07) is 23.8. The molecular weight excluding hydrogens is 378 g/mol. The maximum Gasteiger partial charge on any atom is 0.262 e. The fourth-order valence-corrected chi connectivity index (χ4v) is 3.54. The third-order valence-electron chi connectivity index (χ3n) is 5.11. The molecule has 0 saturated heterocycles. The third-order valence-corrected chi connectivity index (χ3v) is 5.11. The van der Waals surface area contributed by atoms with Crippen molar-refractivity contribution in [2.75, 3.05) is 14.2 Å². The van der Waals surface area contributed by atoms with Crippen LogP contribution in [0.2, 0.25) is 0 Å². The molecule has 0 N–H and O–H groups in total. The van der Waals surface area contributed by atoms with Gasteiger partial charge in [-0.15, -0.1) is 0 Å². The largest absolute Gasteiger partial charge is 0.497 e. The lowest BCUT2D eigenvalue weighted by molar-refractivity contribution is -0.136. The molecule has 1 aliphatic rings. The zero-order valence-electron chi connectivity index (χ0n) is 16.8. The summed E-state index contributed by atoms with van der Waals surface area (Å²) in [5, 5.41) is 0. The van der Waals surface area contributed by atoms with E-state index in [0.717, 1.165) is 5.56 Å². The first-order valence-corrected chi connectivity index (χ1v) is 9.55. The Morgan fingerprint density at radius 2 is 1.07 bits per heavy atom. The van der Waals surface area contributed by atoms with Crippen molar-refractivity contribution < 1.29 is 19.1 Å². The van der Waals surface area contributed by atoms with E-state index in [1.54, 1.807) is 62.8 Å². The Bertz CT molecular complexity index is 1030. The molecule has 0 unspecified atom stereocenters. The number of amides is 2. The molecule has 0 saturated carbocycles. The Morgan fingerprint density at radius 3 is 1.47 bits per heavy atom. The highest BCUT2D eigenvalue weighted by molar-refractivity contribution is 6.48. The van der Waals surface area contributed by atoms with E-state index >= 15 is 0 Å². The highest BCUT2D eigenvalue weighted by atomic mass is 16.5. The van der Waals surface area contributed by atoms with E-state index in [-0.39, 0.29) is 18.4 Å². The number of methoxy groups -OCH3 is 2. The Kier molecular flexibility index (Phi) is 5.35. The van der Waals surface area contributed by atoms with E-state index in [9.17, 15) is 9.59 Å². The first-order chi connectivity index (χ1) is 14.6. The number of imide groups is 1. The molecule has 0 aromatic heterocycles.